The van der Waals surface area contributed by atoms with E-state index in [-0.39, 0.29) is 5.82 Å². The first-order chi connectivity index (χ1) is 9.79. The van der Waals surface area contributed by atoms with Crippen molar-refractivity contribution in [3.63, 3.8) is 0 Å². The maximum Gasteiger partial charge on any atom is 0.165 e. The number of rotatable bonds is 6. The fourth-order valence-corrected chi connectivity index (χ4v) is 2.69. The van der Waals surface area contributed by atoms with E-state index < -0.39 is 0 Å². The van der Waals surface area contributed by atoms with Crippen LogP contribution in [-0.4, -0.2) is 19.8 Å². The number of benzene rings is 1. The molecule has 1 aliphatic rings. The van der Waals surface area contributed by atoms with Gasteiger partial charge in [0, 0.05) is 13.2 Å². The molecule has 0 radical (unpaired) electrons. The van der Waals surface area contributed by atoms with Gasteiger partial charge in [-0.2, -0.15) is 0 Å². The van der Waals surface area contributed by atoms with Gasteiger partial charge in [0.25, 0.3) is 0 Å². The first-order valence-electron chi connectivity index (χ1n) is 7.78. The molecule has 112 valence electrons. The molecule has 0 amide bonds. The summed E-state index contributed by atoms with van der Waals surface area (Å²) < 4.78 is 24.7. The van der Waals surface area contributed by atoms with Gasteiger partial charge < -0.3 is 9.47 Å². The third kappa shape index (κ3) is 4.78. The summed E-state index contributed by atoms with van der Waals surface area (Å²) >= 11 is 0. The molecule has 2 rings (SSSR count). The molecule has 0 aliphatic carbocycles. The van der Waals surface area contributed by atoms with Gasteiger partial charge in [-0.3, -0.25) is 0 Å². The van der Waals surface area contributed by atoms with Crippen molar-refractivity contribution < 1.29 is 13.9 Å². The number of hydrogen-bond donors (Lipinski definition) is 0. The third-order valence-electron chi connectivity index (χ3n) is 3.99. The van der Waals surface area contributed by atoms with E-state index in [0.717, 1.165) is 50.4 Å². The molecule has 0 aromatic heterocycles. The molecule has 2 nitrogen and oxygen atoms in total. The van der Waals surface area contributed by atoms with Crippen molar-refractivity contribution in [1.29, 1.82) is 0 Å². The van der Waals surface area contributed by atoms with Gasteiger partial charge in [0.05, 0.1) is 6.61 Å². The number of hydrogen-bond acceptors (Lipinski definition) is 2. The van der Waals surface area contributed by atoms with Crippen LogP contribution < -0.4 is 4.74 Å². The van der Waals surface area contributed by atoms with Gasteiger partial charge in [0.1, 0.15) is 0 Å². The van der Waals surface area contributed by atoms with E-state index in [1.54, 1.807) is 12.1 Å². The Morgan fingerprint density at radius 2 is 2.20 bits per heavy atom. The van der Waals surface area contributed by atoms with Crippen LogP contribution in [0, 0.1) is 11.7 Å². The van der Waals surface area contributed by atoms with Crippen molar-refractivity contribution >= 4 is 0 Å². The van der Waals surface area contributed by atoms with Crippen LogP contribution in [0.2, 0.25) is 0 Å². The molecule has 0 saturated carbocycles. The first-order valence-corrected chi connectivity index (χ1v) is 7.78. The summed E-state index contributed by atoms with van der Waals surface area (Å²) in [5.74, 6) is 0.882. The topological polar surface area (TPSA) is 18.5 Å². The lowest BCUT2D eigenvalue weighted by Crippen LogP contribution is -2.05. The average molecular weight is 280 g/mol. The number of ether oxygens (including phenoxy) is 2. The van der Waals surface area contributed by atoms with Gasteiger partial charge >= 0.3 is 0 Å². The molecule has 1 aromatic carbocycles. The molecule has 3 heteroatoms. The van der Waals surface area contributed by atoms with Crippen LogP contribution >= 0.6 is 0 Å². The summed E-state index contributed by atoms with van der Waals surface area (Å²) in [7, 11) is 0. The predicted octanol–water partition coefficient (Wildman–Crippen LogP) is 4.36. The van der Waals surface area contributed by atoms with Gasteiger partial charge in [-0.05, 0) is 62.1 Å². The van der Waals surface area contributed by atoms with E-state index in [9.17, 15) is 4.39 Å². The van der Waals surface area contributed by atoms with E-state index in [1.165, 1.54) is 12.8 Å². The van der Waals surface area contributed by atoms with Crippen molar-refractivity contribution in [2.24, 2.45) is 5.92 Å². The highest BCUT2D eigenvalue weighted by Crippen LogP contribution is 2.22. The maximum absolute atomic E-state index is 13.7. The van der Waals surface area contributed by atoms with Crippen molar-refractivity contribution in [2.75, 3.05) is 19.8 Å². The Bertz CT molecular complexity index is 398. The zero-order valence-corrected chi connectivity index (χ0v) is 12.4. The van der Waals surface area contributed by atoms with Crippen molar-refractivity contribution in [3.05, 3.63) is 29.6 Å². The van der Waals surface area contributed by atoms with Crippen molar-refractivity contribution in [3.8, 4) is 5.75 Å². The minimum atomic E-state index is -0.243. The Balaban J connectivity index is 1.70. The summed E-state index contributed by atoms with van der Waals surface area (Å²) in [6.45, 7) is 4.41. The van der Waals surface area contributed by atoms with Gasteiger partial charge in [-0.1, -0.05) is 13.0 Å². The lowest BCUT2D eigenvalue weighted by atomic mass is 9.96. The van der Waals surface area contributed by atoms with Gasteiger partial charge in [-0.15, -0.1) is 0 Å². The summed E-state index contributed by atoms with van der Waals surface area (Å²) in [5, 5.41) is 0. The Labute approximate surface area is 121 Å². The summed E-state index contributed by atoms with van der Waals surface area (Å²) in [6, 6.07) is 5.24. The molecular weight excluding hydrogens is 255 g/mol. The second-order valence-corrected chi connectivity index (χ2v) is 5.52. The monoisotopic (exact) mass is 280 g/mol. The van der Waals surface area contributed by atoms with Crippen LogP contribution in [0.15, 0.2) is 18.2 Å². The molecule has 0 spiro atoms. The zero-order chi connectivity index (χ0) is 14.2. The largest absolute Gasteiger partial charge is 0.491 e. The molecular formula is C17H25FO2. The van der Waals surface area contributed by atoms with Crippen molar-refractivity contribution in [2.45, 2.75) is 45.4 Å². The standard InChI is InChI=1S/C17H25FO2/c1-2-14-7-8-17(16(18)13-14)20-11-4-6-15-5-3-10-19-12-9-15/h7-8,13,15H,2-6,9-12H2,1H3. The Kier molecular flexibility index (Phi) is 6.31. The van der Waals surface area contributed by atoms with Crippen LogP contribution in [0.5, 0.6) is 5.75 Å². The quantitative estimate of drug-likeness (QED) is 0.721. The maximum atomic E-state index is 13.7. The minimum Gasteiger partial charge on any atom is -0.491 e. The van der Waals surface area contributed by atoms with Gasteiger partial charge in [0.15, 0.2) is 11.6 Å². The van der Waals surface area contributed by atoms with Gasteiger partial charge in [-0.25, -0.2) is 4.39 Å². The number of halogens is 1. The lowest BCUT2D eigenvalue weighted by molar-refractivity contribution is 0.140. The lowest BCUT2D eigenvalue weighted by Gasteiger charge is -2.13. The van der Waals surface area contributed by atoms with E-state index >= 15 is 0 Å². The summed E-state index contributed by atoms with van der Waals surface area (Å²) in [4.78, 5) is 0. The molecule has 1 heterocycles. The molecule has 1 atom stereocenters. The van der Waals surface area contributed by atoms with E-state index in [1.807, 2.05) is 13.0 Å². The molecule has 1 fully saturated rings. The highest BCUT2D eigenvalue weighted by molar-refractivity contribution is 5.29. The molecule has 1 unspecified atom stereocenters. The van der Waals surface area contributed by atoms with E-state index in [2.05, 4.69) is 0 Å². The fourth-order valence-electron chi connectivity index (χ4n) is 2.69. The Morgan fingerprint density at radius 1 is 1.30 bits per heavy atom. The molecule has 0 N–H and O–H groups in total. The zero-order valence-electron chi connectivity index (χ0n) is 12.4. The Hall–Kier alpha value is -1.09. The van der Waals surface area contributed by atoms with Crippen molar-refractivity contribution in [1.82, 2.24) is 0 Å². The van der Waals surface area contributed by atoms with Crippen LogP contribution in [-0.2, 0) is 11.2 Å². The summed E-state index contributed by atoms with van der Waals surface area (Å²) in [5.41, 5.74) is 1.01. The molecule has 1 aromatic rings. The SMILES string of the molecule is CCc1ccc(OCCCC2CCCOCC2)c(F)c1. The average Bonchev–Trinajstić information content (AvgIpc) is 2.73. The van der Waals surface area contributed by atoms with E-state index in [4.69, 9.17) is 9.47 Å². The van der Waals surface area contributed by atoms with Crippen LogP contribution in [0.25, 0.3) is 0 Å². The molecule has 0 bridgehead atoms. The molecule has 20 heavy (non-hydrogen) atoms. The molecule has 1 aliphatic heterocycles. The third-order valence-corrected chi connectivity index (χ3v) is 3.99. The van der Waals surface area contributed by atoms with Crippen LogP contribution in [0.1, 0.15) is 44.6 Å². The predicted molar refractivity (Wildman–Crippen MR) is 78.7 cm³/mol. The van der Waals surface area contributed by atoms with E-state index in [0.29, 0.717) is 12.4 Å². The van der Waals surface area contributed by atoms with Gasteiger partial charge in [0.2, 0.25) is 0 Å². The number of aryl methyl sites for hydroxylation is 1. The second kappa shape index (κ2) is 8.25. The summed E-state index contributed by atoms with van der Waals surface area (Å²) in [6.07, 6.45) is 6.55. The van der Waals surface area contributed by atoms with Crippen LogP contribution in [0.4, 0.5) is 4.39 Å². The fraction of sp³-hybridized carbons (Fsp3) is 0.647. The highest BCUT2D eigenvalue weighted by Gasteiger charge is 2.12. The normalized spacial score (nSPS) is 19.6. The first kappa shape index (κ1) is 15.3. The van der Waals surface area contributed by atoms with Crippen LogP contribution in [0.3, 0.4) is 0 Å². The molecule has 1 saturated heterocycles. The second-order valence-electron chi connectivity index (χ2n) is 5.52. The highest BCUT2D eigenvalue weighted by atomic mass is 19.1. The Morgan fingerprint density at radius 3 is 3.00 bits per heavy atom. The smallest absolute Gasteiger partial charge is 0.165 e. The minimum absolute atomic E-state index is 0.243.